The highest BCUT2D eigenvalue weighted by molar-refractivity contribution is 5.91. The van der Waals surface area contributed by atoms with E-state index in [2.05, 4.69) is 4.98 Å². The summed E-state index contributed by atoms with van der Waals surface area (Å²) in [5.74, 6) is -0.386. The Morgan fingerprint density at radius 3 is 2.25 bits per heavy atom. The van der Waals surface area contributed by atoms with Gasteiger partial charge in [-0.2, -0.15) is 0 Å². The van der Waals surface area contributed by atoms with Gasteiger partial charge in [0.05, 0.1) is 11.2 Å². The van der Waals surface area contributed by atoms with E-state index in [1.165, 1.54) is 18.2 Å². The Morgan fingerprint density at radius 1 is 0.929 bits per heavy atom. The minimum absolute atomic E-state index is 0.0964. The highest BCUT2D eigenvalue weighted by Gasteiger charge is 2.17. The molecule has 4 rings (SSSR count). The molecule has 1 aromatic heterocycles. The lowest BCUT2D eigenvalue weighted by Crippen LogP contribution is -2.06. The Morgan fingerprint density at radius 2 is 1.57 bits per heavy atom. The molecule has 3 aromatic carbocycles. The van der Waals surface area contributed by atoms with Crippen molar-refractivity contribution in [2.45, 2.75) is 6.92 Å². The van der Waals surface area contributed by atoms with E-state index < -0.39 is 12.0 Å². The fraction of sp³-hybridized carbons (Fsp3) is 0.0435. The summed E-state index contributed by atoms with van der Waals surface area (Å²) in [6.07, 6.45) is -1.45. The fourth-order valence-electron chi connectivity index (χ4n) is 3.25. The third-order valence-corrected chi connectivity index (χ3v) is 4.59. The number of benzene rings is 3. The molecule has 0 atom stereocenters. The molecule has 0 aliphatic heterocycles. The number of fused-ring (bicyclic) bond motifs is 1. The molecular formula is C23H16FNO3. The smallest absolute Gasteiger partial charge is 0.449 e. The second-order valence-electron chi connectivity index (χ2n) is 6.39. The zero-order valence-corrected chi connectivity index (χ0v) is 15.0. The van der Waals surface area contributed by atoms with E-state index >= 15 is 0 Å². The van der Waals surface area contributed by atoms with Crippen LogP contribution in [0.3, 0.4) is 0 Å². The fourth-order valence-corrected chi connectivity index (χ4v) is 3.25. The van der Waals surface area contributed by atoms with Crippen LogP contribution in [0.25, 0.3) is 33.3 Å². The van der Waals surface area contributed by atoms with Gasteiger partial charge in [0, 0.05) is 16.5 Å². The Hall–Kier alpha value is -3.73. The molecule has 0 unspecified atom stereocenters. The second kappa shape index (κ2) is 7.12. The van der Waals surface area contributed by atoms with Gasteiger partial charge in [0.2, 0.25) is 0 Å². The highest BCUT2D eigenvalue weighted by Crippen LogP contribution is 2.36. The number of nitrogens with zero attached hydrogens (tertiary/aromatic N) is 1. The molecule has 0 spiro atoms. The van der Waals surface area contributed by atoms with Crippen molar-refractivity contribution in [1.29, 1.82) is 0 Å². The van der Waals surface area contributed by atoms with Crippen LogP contribution in [0.2, 0.25) is 0 Å². The highest BCUT2D eigenvalue weighted by atomic mass is 19.1. The molecule has 0 aliphatic carbocycles. The monoisotopic (exact) mass is 373 g/mol. The van der Waals surface area contributed by atoms with E-state index in [0.717, 1.165) is 16.7 Å². The van der Waals surface area contributed by atoms with E-state index in [-0.39, 0.29) is 5.75 Å². The van der Waals surface area contributed by atoms with Gasteiger partial charge < -0.3 is 9.84 Å². The Balaban J connectivity index is 1.85. The van der Waals surface area contributed by atoms with Crippen LogP contribution >= 0.6 is 0 Å². The first-order valence-electron chi connectivity index (χ1n) is 8.69. The molecule has 138 valence electrons. The molecule has 4 aromatic rings. The number of rotatable bonds is 3. The number of aromatic nitrogens is 1. The lowest BCUT2D eigenvalue weighted by atomic mass is 9.99. The first kappa shape index (κ1) is 17.7. The third-order valence-electron chi connectivity index (χ3n) is 4.59. The summed E-state index contributed by atoms with van der Waals surface area (Å²) in [6, 6.07) is 21.8. The average Bonchev–Trinajstić information content (AvgIpc) is 2.71. The molecule has 0 saturated heterocycles. The van der Waals surface area contributed by atoms with Crippen LogP contribution in [-0.2, 0) is 0 Å². The molecule has 0 bridgehead atoms. The van der Waals surface area contributed by atoms with Crippen LogP contribution in [0.1, 0.15) is 5.56 Å². The first-order chi connectivity index (χ1) is 13.5. The summed E-state index contributed by atoms with van der Waals surface area (Å²) < 4.78 is 18.7. The summed E-state index contributed by atoms with van der Waals surface area (Å²) in [5, 5.41) is 9.43. The minimum atomic E-state index is -1.45. The van der Waals surface area contributed by atoms with Gasteiger partial charge in [-0.25, -0.2) is 14.2 Å². The molecule has 1 heterocycles. The number of carbonyl (C=O) groups is 1. The Labute approximate surface area is 160 Å². The minimum Gasteiger partial charge on any atom is -0.449 e. The van der Waals surface area contributed by atoms with Crippen molar-refractivity contribution >= 4 is 17.1 Å². The molecular weight excluding hydrogens is 357 g/mol. The van der Waals surface area contributed by atoms with Crippen LogP contribution in [0.15, 0.2) is 72.8 Å². The van der Waals surface area contributed by atoms with Gasteiger partial charge in [-0.1, -0.05) is 54.6 Å². The molecule has 28 heavy (non-hydrogen) atoms. The molecule has 0 saturated carbocycles. The summed E-state index contributed by atoms with van der Waals surface area (Å²) in [4.78, 5) is 15.8. The maximum atomic E-state index is 13.7. The van der Waals surface area contributed by atoms with Gasteiger partial charge in [-0.3, -0.25) is 0 Å². The van der Waals surface area contributed by atoms with E-state index in [9.17, 15) is 9.18 Å². The van der Waals surface area contributed by atoms with Crippen LogP contribution in [-0.4, -0.2) is 16.2 Å². The second-order valence-corrected chi connectivity index (χ2v) is 6.39. The number of pyridine rings is 1. The van der Waals surface area contributed by atoms with Crippen molar-refractivity contribution in [2.24, 2.45) is 0 Å². The molecule has 0 radical (unpaired) electrons. The molecule has 1 N–H and O–H groups in total. The van der Waals surface area contributed by atoms with Crippen LogP contribution in [0.4, 0.5) is 9.18 Å². The van der Waals surface area contributed by atoms with Gasteiger partial charge in [0.25, 0.3) is 0 Å². The lowest BCUT2D eigenvalue weighted by Gasteiger charge is -2.14. The van der Waals surface area contributed by atoms with Crippen molar-refractivity contribution in [3.8, 4) is 28.1 Å². The maximum Gasteiger partial charge on any atom is 0.511 e. The van der Waals surface area contributed by atoms with Crippen molar-refractivity contribution in [1.82, 2.24) is 4.98 Å². The van der Waals surface area contributed by atoms with Gasteiger partial charge in [-0.05, 0) is 36.2 Å². The van der Waals surface area contributed by atoms with Crippen molar-refractivity contribution < 1.29 is 19.0 Å². The number of hydrogen-bond donors (Lipinski definition) is 1. The number of halogens is 1. The molecule has 4 nitrogen and oxygen atoms in total. The summed E-state index contributed by atoms with van der Waals surface area (Å²) >= 11 is 0. The van der Waals surface area contributed by atoms with Crippen LogP contribution in [0, 0.1) is 12.7 Å². The SMILES string of the molecule is Cc1c(-c2ccc(-c3ccccc3)cc2)nc2ccc(F)cc2c1OC(=O)O. The topological polar surface area (TPSA) is 59.4 Å². The van der Waals surface area contributed by atoms with Crippen molar-refractivity contribution in [2.75, 3.05) is 0 Å². The van der Waals surface area contributed by atoms with Gasteiger partial charge >= 0.3 is 6.16 Å². The third kappa shape index (κ3) is 3.30. The Kier molecular flexibility index (Phi) is 4.49. The molecule has 0 amide bonds. The normalized spacial score (nSPS) is 10.8. The summed E-state index contributed by atoms with van der Waals surface area (Å²) in [5.41, 5.74) is 4.57. The molecule has 0 aliphatic rings. The van der Waals surface area contributed by atoms with Crippen molar-refractivity contribution in [3.63, 3.8) is 0 Å². The van der Waals surface area contributed by atoms with Crippen LogP contribution in [0.5, 0.6) is 5.75 Å². The Bertz CT molecular complexity index is 1170. The van der Waals surface area contributed by atoms with E-state index in [4.69, 9.17) is 9.84 Å². The standard InChI is InChI=1S/C23H16FNO3/c1-14-21(17-9-7-16(8-10-17)15-5-3-2-4-6-15)25-20-12-11-18(24)13-19(20)22(14)28-23(26)27/h2-13H,1H3,(H,26,27). The number of ether oxygens (including phenoxy) is 1. The average molecular weight is 373 g/mol. The molecule has 5 heteroatoms. The zero-order chi connectivity index (χ0) is 19.7. The zero-order valence-electron chi connectivity index (χ0n) is 15.0. The van der Waals surface area contributed by atoms with Gasteiger partial charge in [0.1, 0.15) is 11.6 Å². The number of carboxylic acid groups (broad SMARTS) is 1. The van der Waals surface area contributed by atoms with E-state index in [1.807, 2.05) is 54.6 Å². The predicted octanol–water partition coefficient (Wildman–Crippen LogP) is 6.07. The predicted molar refractivity (Wildman–Crippen MR) is 106 cm³/mol. The largest absolute Gasteiger partial charge is 0.511 e. The van der Waals surface area contributed by atoms with E-state index in [0.29, 0.717) is 22.2 Å². The van der Waals surface area contributed by atoms with E-state index in [1.54, 1.807) is 6.92 Å². The lowest BCUT2D eigenvalue weighted by molar-refractivity contribution is 0.144. The summed E-state index contributed by atoms with van der Waals surface area (Å²) in [6.45, 7) is 1.72. The maximum absolute atomic E-state index is 13.7. The van der Waals surface area contributed by atoms with Crippen LogP contribution < -0.4 is 4.74 Å². The first-order valence-corrected chi connectivity index (χ1v) is 8.69. The molecule has 0 fully saturated rings. The quantitative estimate of drug-likeness (QED) is 0.443. The van der Waals surface area contributed by atoms with Gasteiger partial charge in [-0.15, -0.1) is 0 Å². The van der Waals surface area contributed by atoms with Gasteiger partial charge in [0.15, 0.2) is 0 Å². The summed E-state index contributed by atoms with van der Waals surface area (Å²) in [7, 11) is 0. The van der Waals surface area contributed by atoms with Crippen molar-refractivity contribution in [3.05, 3.63) is 84.2 Å². The number of hydrogen-bond acceptors (Lipinski definition) is 3.